The Kier molecular flexibility index (Phi) is 3.76. The molecule has 0 spiro atoms. The van der Waals surface area contributed by atoms with Crippen LogP contribution in [0, 0.1) is 11.2 Å². The number of piperidine rings is 1. The summed E-state index contributed by atoms with van der Waals surface area (Å²) < 4.78 is 19.8. The Hall–Kier alpha value is -1.42. The molecule has 1 N–H and O–H groups in total. The van der Waals surface area contributed by atoms with Crippen LogP contribution in [0.5, 0.6) is 5.75 Å². The molecule has 120 valence electrons. The minimum Gasteiger partial charge on any atom is -0.490 e. The van der Waals surface area contributed by atoms with Gasteiger partial charge in [-0.15, -0.1) is 0 Å². The Morgan fingerprint density at radius 3 is 2.82 bits per heavy atom. The second kappa shape index (κ2) is 5.34. The zero-order chi connectivity index (χ0) is 16.0. The number of benzene rings is 1. The van der Waals surface area contributed by atoms with Crippen LogP contribution < -0.4 is 10.1 Å². The predicted molar refractivity (Wildman–Crippen MR) is 83.8 cm³/mol. The SMILES string of the molecule is CC(C)(C)[C@@]12CC[C@@H](CC(Oc3ccc(C=O)c(F)c3)C1)N2. The van der Waals surface area contributed by atoms with Crippen LogP contribution in [0.3, 0.4) is 0 Å². The number of rotatable bonds is 3. The molecule has 4 heteroatoms. The molecule has 3 nitrogen and oxygen atoms in total. The number of ether oxygens (including phenoxy) is 1. The van der Waals surface area contributed by atoms with E-state index in [1.54, 1.807) is 6.07 Å². The lowest BCUT2D eigenvalue weighted by Crippen LogP contribution is -2.59. The minimum atomic E-state index is -0.519. The van der Waals surface area contributed by atoms with Gasteiger partial charge >= 0.3 is 0 Å². The van der Waals surface area contributed by atoms with Crippen molar-refractivity contribution < 1.29 is 13.9 Å². The largest absolute Gasteiger partial charge is 0.490 e. The van der Waals surface area contributed by atoms with Crippen molar-refractivity contribution in [2.24, 2.45) is 5.41 Å². The van der Waals surface area contributed by atoms with E-state index in [2.05, 4.69) is 26.1 Å². The van der Waals surface area contributed by atoms with Crippen molar-refractivity contribution in [3.8, 4) is 5.75 Å². The molecule has 0 amide bonds. The predicted octanol–water partition coefficient (Wildman–Crippen LogP) is 3.72. The number of aldehydes is 1. The van der Waals surface area contributed by atoms with E-state index >= 15 is 0 Å². The summed E-state index contributed by atoms with van der Waals surface area (Å²) in [5.74, 6) is -0.00611. The van der Waals surface area contributed by atoms with E-state index in [0.29, 0.717) is 18.1 Å². The van der Waals surface area contributed by atoms with Gasteiger partial charge in [0.25, 0.3) is 0 Å². The van der Waals surface area contributed by atoms with Crippen LogP contribution in [0.25, 0.3) is 0 Å². The molecule has 1 aromatic rings. The molecule has 2 aliphatic heterocycles. The summed E-state index contributed by atoms with van der Waals surface area (Å²) >= 11 is 0. The average molecular weight is 305 g/mol. The Bertz CT molecular complexity index is 581. The first-order chi connectivity index (χ1) is 10.3. The second-order valence-electron chi connectivity index (χ2n) is 7.69. The van der Waals surface area contributed by atoms with E-state index in [1.807, 2.05) is 0 Å². The number of carbonyl (C=O) groups is 1. The van der Waals surface area contributed by atoms with E-state index in [1.165, 1.54) is 25.0 Å². The van der Waals surface area contributed by atoms with Crippen LogP contribution in [0.1, 0.15) is 56.8 Å². The van der Waals surface area contributed by atoms with Gasteiger partial charge in [0, 0.05) is 24.1 Å². The van der Waals surface area contributed by atoms with Gasteiger partial charge in [-0.3, -0.25) is 4.79 Å². The van der Waals surface area contributed by atoms with Crippen molar-refractivity contribution in [2.75, 3.05) is 0 Å². The standard InChI is InChI=1S/C18H24FNO2/c1-17(2,3)18-7-6-13(20-18)8-15(10-18)22-14-5-4-12(11-21)16(19)9-14/h4-5,9,11,13,15,20H,6-8,10H2,1-3H3/t13-,15?,18+/m0/s1. The van der Waals surface area contributed by atoms with Gasteiger partial charge in [-0.05, 0) is 36.8 Å². The first-order valence-corrected chi connectivity index (χ1v) is 8.02. The maximum absolute atomic E-state index is 13.7. The molecule has 1 aromatic carbocycles. The van der Waals surface area contributed by atoms with Crippen molar-refractivity contribution in [2.45, 2.75) is 64.1 Å². The first-order valence-electron chi connectivity index (χ1n) is 8.02. The number of hydrogen-bond donors (Lipinski definition) is 1. The highest BCUT2D eigenvalue weighted by molar-refractivity contribution is 5.75. The molecule has 2 saturated heterocycles. The summed E-state index contributed by atoms with van der Waals surface area (Å²) in [5.41, 5.74) is 0.335. The zero-order valence-electron chi connectivity index (χ0n) is 13.5. The van der Waals surface area contributed by atoms with Crippen LogP contribution in [0.4, 0.5) is 4.39 Å². The van der Waals surface area contributed by atoms with Crippen LogP contribution in [-0.4, -0.2) is 24.0 Å². The molecular formula is C18H24FNO2. The van der Waals surface area contributed by atoms with E-state index in [4.69, 9.17) is 4.74 Å². The Balaban J connectivity index is 1.76. The van der Waals surface area contributed by atoms with Gasteiger partial charge in [0.2, 0.25) is 0 Å². The van der Waals surface area contributed by atoms with E-state index in [-0.39, 0.29) is 22.6 Å². The number of halogens is 1. The third-order valence-electron chi connectivity index (χ3n) is 5.36. The Morgan fingerprint density at radius 2 is 2.18 bits per heavy atom. The lowest BCUT2D eigenvalue weighted by Gasteiger charge is -2.47. The fourth-order valence-electron chi connectivity index (χ4n) is 3.94. The summed E-state index contributed by atoms with van der Waals surface area (Å²) in [5, 5.41) is 3.79. The highest BCUT2D eigenvalue weighted by atomic mass is 19.1. The minimum absolute atomic E-state index is 0.0730. The van der Waals surface area contributed by atoms with Gasteiger partial charge in [-0.2, -0.15) is 0 Å². The van der Waals surface area contributed by atoms with Crippen LogP contribution >= 0.6 is 0 Å². The smallest absolute Gasteiger partial charge is 0.152 e. The maximum atomic E-state index is 13.7. The third kappa shape index (κ3) is 2.65. The molecule has 2 bridgehead atoms. The Labute approximate surface area is 131 Å². The number of fused-ring (bicyclic) bond motifs is 2. The molecule has 22 heavy (non-hydrogen) atoms. The highest BCUT2D eigenvalue weighted by Crippen LogP contribution is 2.47. The maximum Gasteiger partial charge on any atom is 0.152 e. The molecule has 2 fully saturated rings. The quantitative estimate of drug-likeness (QED) is 0.865. The molecule has 2 aliphatic rings. The number of hydrogen-bond acceptors (Lipinski definition) is 3. The topological polar surface area (TPSA) is 38.3 Å². The van der Waals surface area contributed by atoms with Gasteiger partial charge in [0.1, 0.15) is 17.7 Å². The summed E-state index contributed by atoms with van der Waals surface area (Å²) in [4.78, 5) is 10.7. The molecule has 0 radical (unpaired) electrons. The van der Waals surface area contributed by atoms with E-state index < -0.39 is 5.82 Å². The van der Waals surface area contributed by atoms with Crippen molar-refractivity contribution in [3.05, 3.63) is 29.6 Å². The normalized spacial score (nSPS) is 31.1. The summed E-state index contributed by atoms with van der Waals surface area (Å²) in [6.07, 6.45) is 4.85. The van der Waals surface area contributed by atoms with Gasteiger partial charge in [-0.25, -0.2) is 4.39 Å². The summed E-state index contributed by atoms with van der Waals surface area (Å²) in [7, 11) is 0. The second-order valence-corrected chi connectivity index (χ2v) is 7.69. The zero-order valence-corrected chi connectivity index (χ0v) is 13.5. The highest BCUT2D eigenvalue weighted by Gasteiger charge is 2.52. The van der Waals surface area contributed by atoms with Crippen LogP contribution in [0.15, 0.2) is 18.2 Å². The van der Waals surface area contributed by atoms with Crippen molar-refractivity contribution in [1.82, 2.24) is 5.32 Å². The van der Waals surface area contributed by atoms with Gasteiger partial charge in [0.05, 0.1) is 5.56 Å². The van der Waals surface area contributed by atoms with E-state index in [9.17, 15) is 9.18 Å². The van der Waals surface area contributed by atoms with Gasteiger partial charge in [0.15, 0.2) is 6.29 Å². The molecule has 3 atom stereocenters. The lowest BCUT2D eigenvalue weighted by molar-refractivity contribution is 0.0424. The van der Waals surface area contributed by atoms with E-state index in [0.717, 1.165) is 12.8 Å². The fraction of sp³-hybridized carbons (Fsp3) is 0.611. The van der Waals surface area contributed by atoms with Crippen molar-refractivity contribution in [3.63, 3.8) is 0 Å². The fourth-order valence-corrected chi connectivity index (χ4v) is 3.94. The number of carbonyl (C=O) groups excluding carboxylic acids is 1. The average Bonchev–Trinajstić information content (AvgIpc) is 2.75. The molecular weight excluding hydrogens is 281 g/mol. The molecule has 2 heterocycles. The molecule has 0 saturated carbocycles. The van der Waals surface area contributed by atoms with Crippen molar-refractivity contribution in [1.29, 1.82) is 0 Å². The monoisotopic (exact) mass is 305 g/mol. The van der Waals surface area contributed by atoms with Crippen molar-refractivity contribution >= 4 is 6.29 Å². The third-order valence-corrected chi connectivity index (χ3v) is 5.36. The molecule has 3 rings (SSSR count). The van der Waals surface area contributed by atoms with Gasteiger partial charge < -0.3 is 10.1 Å². The summed E-state index contributed by atoms with van der Waals surface area (Å²) in [6, 6.07) is 4.96. The molecule has 0 aliphatic carbocycles. The van der Waals surface area contributed by atoms with Crippen LogP contribution in [-0.2, 0) is 0 Å². The lowest BCUT2D eigenvalue weighted by atomic mass is 9.69. The Morgan fingerprint density at radius 1 is 1.41 bits per heavy atom. The molecule has 0 aromatic heterocycles. The van der Waals surface area contributed by atoms with Gasteiger partial charge in [-0.1, -0.05) is 20.8 Å². The van der Waals surface area contributed by atoms with Crippen LogP contribution in [0.2, 0.25) is 0 Å². The summed E-state index contributed by atoms with van der Waals surface area (Å²) in [6.45, 7) is 6.80. The first kappa shape index (κ1) is 15.5. The molecule has 1 unspecified atom stereocenters. The number of nitrogens with one attached hydrogen (secondary N) is 1.